The highest BCUT2D eigenvalue weighted by Gasteiger charge is 2.05. The second-order valence-corrected chi connectivity index (χ2v) is 5.70. The average molecular weight is 281 g/mol. The molecule has 3 aromatic rings. The number of hydrogen-bond donors (Lipinski definition) is 1. The van der Waals surface area contributed by atoms with E-state index < -0.39 is 0 Å². The summed E-state index contributed by atoms with van der Waals surface area (Å²) < 4.78 is 0. The SMILES string of the molecule is Cc1cccc(CSc2ncnc3ccc(N)cc23)c1. The number of nitrogen functional groups attached to an aromatic ring is 1. The average Bonchev–Trinajstić information content (AvgIpc) is 2.45. The van der Waals surface area contributed by atoms with Crippen LogP contribution in [0.5, 0.6) is 0 Å². The van der Waals surface area contributed by atoms with Crippen LogP contribution in [0.15, 0.2) is 53.8 Å². The van der Waals surface area contributed by atoms with E-state index in [1.807, 2.05) is 18.2 Å². The standard InChI is InChI=1S/C16H15N3S/c1-11-3-2-4-12(7-11)9-20-16-14-8-13(17)5-6-15(14)18-10-19-16/h2-8,10H,9,17H2,1H3. The fourth-order valence-corrected chi connectivity index (χ4v) is 3.04. The van der Waals surface area contributed by atoms with Crippen molar-refractivity contribution in [2.24, 2.45) is 0 Å². The van der Waals surface area contributed by atoms with Gasteiger partial charge in [0.25, 0.3) is 0 Å². The predicted octanol–water partition coefficient (Wildman–Crippen LogP) is 3.81. The van der Waals surface area contributed by atoms with Crippen LogP contribution in [0, 0.1) is 6.92 Å². The van der Waals surface area contributed by atoms with Crippen LogP contribution in [-0.2, 0) is 5.75 Å². The zero-order valence-corrected chi connectivity index (χ0v) is 12.0. The van der Waals surface area contributed by atoms with Crippen LogP contribution < -0.4 is 5.73 Å². The zero-order chi connectivity index (χ0) is 13.9. The molecule has 100 valence electrons. The number of fused-ring (bicyclic) bond motifs is 1. The maximum absolute atomic E-state index is 5.86. The fourth-order valence-electron chi connectivity index (χ4n) is 2.12. The van der Waals surface area contributed by atoms with Gasteiger partial charge in [-0.15, -0.1) is 11.8 Å². The molecule has 0 saturated carbocycles. The molecule has 4 heteroatoms. The number of anilines is 1. The Morgan fingerprint density at radius 2 is 2.00 bits per heavy atom. The number of aryl methyl sites for hydroxylation is 1. The molecule has 20 heavy (non-hydrogen) atoms. The van der Waals surface area contributed by atoms with Crippen molar-refractivity contribution in [3.63, 3.8) is 0 Å². The molecule has 1 aromatic heterocycles. The van der Waals surface area contributed by atoms with Gasteiger partial charge in [0, 0.05) is 16.8 Å². The third kappa shape index (κ3) is 2.75. The quantitative estimate of drug-likeness (QED) is 0.450. The van der Waals surface area contributed by atoms with Crippen LogP contribution in [-0.4, -0.2) is 9.97 Å². The summed E-state index contributed by atoms with van der Waals surface area (Å²) in [6, 6.07) is 14.3. The Morgan fingerprint density at radius 1 is 1.10 bits per heavy atom. The van der Waals surface area contributed by atoms with Crippen molar-refractivity contribution >= 4 is 28.4 Å². The molecule has 0 aliphatic rings. The lowest BCUT2D eigenvalue weighted by molar-refractivity contribution is 1.10. The zero-order valence-electron chi connectivity index (χ0n) is 11.2. The van der Waals surface area contributed by atoms with Gasteiger partial charge in [-0.3, -0.25) is 0 Å². The van der Waals surface area contributed by atoms with E-state index in [0.29, 0.717) is 0 Å². The van der Waals surface area contributed by atoms with Gasteiger partial charge in [0.05, 0.1) is 5.52 Å². The number of nitrogens with zero attached hydrogens (tertiary/aromatic N) is 2. The summed E-state index contributed by atoms with van der Waals surface area (Å²) in [5.41, 5.74) is 10.1. The van der Waals surface area contributed by atoms with Gasteiger partial charge in [0.15, 0.2) is 0 Å². The fraction of sp³-hybridized carbons (Fsp3) is 0.125. The Morgan fingerprint density at radius 3 is 2.85 bits per heavy atom. The number of rotatable bonds is 3. The molecule has 0 amide bonds. The second-order valence-electron chi connectivity index (χ2n) is 4.73. The molecule has 0 aliphatic carbocycles. The molecule has 2 N–H and O–H groups in total. The minimum atomic E-state index is 0.740. The van der Waals surface area contributed by atoms with Crippen molar-refractivity contribution in [2.75, 3.05) is 5.73 Å². The van der Waals surface area contributed by atoms with Gasteiger partial charge in [0.1, 0.15) is 11.4 Å². The van der Waals surface area contributed by atoms with Crippen molar-refractivity contribution in [3.8, 4) is 0 Å². The third-order valence-corrected chi connectivity index (χ3v) is 4.16. The normalized spacial score (nSPS) is 10.8. The highest BCUT2D eigenvalue weighted by Crippen LogP contribution is 2.28. The Labute approximate surface area is 122 Å². The van der Waals surface area contributed by atoms with E-state index in [1.165, 1.54) is 11.1 Å². The Hall–Kier alpha value is -2.07. The third-order valence-electron chi connectivity index (χ3n) is 3.08. The van der Waals surface area contributed by atoms with Crippen LogP contribution in [0.1, 0.15) is 11.1 Å². The number of thioether (sulfide) groups is 1. The highest BCUT2D eigenvalue weighted by molar-refractivity contribution is 7.98. The molecular formula is C16H15N3S. The monoisotopic (exact) mass is 281 g/mol. The van der Waals surface area contributed by atoms with Crippen molar-refractivity contribution in [2.45, 2.75) is 17.7 Å². The van der Waals surface area contributed by atoms with E-state index in [4.69, 9.17) is 5.73 Å². The maximum Gasteiger partial charge on any atom is 0.117 e. The summed E-state index contributed by atoms with van der Waals surface area (Å²) in [5, 5.41) is 1.99. The van der Waals surface area contributed by atoms with Crippen molar-refractivity contribution in [1.29, 1.82) is 0 Å². The van der Waals surface area contributed by atoms with Crippen molar-refractivity contribution < 1.29 is 0 Å². The first kappa shape index (κ1) is 12.9. The first-order valence-electron chi connectivity index (χ1n) is 6.41. The lowest BCUT2D eigenvalue weighted by Crippen LogP contribution is -1.91. The van der Waals surface area contributed by atoms with Crippen LogP contribution >= 0.6 is 11.8 Å². The van der Waals surface area contributed by atoms with Crippen LogP contribution in [0.2, 0.25) is 0 Å². The Balaban J connectivity index is 1.89. The van der Waals surface area contributed by atoms with Crippen LogP contribution in [0.25, 0.3) is 10.9 Å². The van der Waals surface area contributed by atoms with E-state index in [1.54, 1.807) is 18.1 Å². The summed E-state index contributed by atoms with van der Waals surface area (Å²) in [4.78, 5) is 8.65. The summed E-state index contributed by atoms with van der Waals surface area (Å²) in [6.45, 7) is 2.11. The van der Waals surface area contributed by atoms with Gasteiger partial charge in [-0.1, -0.05) is 29.8 Å². The number of benzene rings is 2. The van der Waals surface area contributed by atoms with E-state index in [9.17, 15) is 0 Å². The summed E-state index contributed by atoms with van der Waals surface area (Å²) in [7, 11) is 0. The molecule has 1 heterocycles. The highest BCUT2D eigenvalue weighted by atomic mass is 32.2. The number of hydrogen-bond acceptors (Lipinski definition) is 4. The first-order valence-corrected chi connectivity index (χ1v) is 7.39. The Kier molecular flexibility index (Phi) is 3.56. The van der Waals surface area contributed by atoms with Gasteiger partial charge in [-0.2, -0.15) is 0 Å². The Bertz CT molecular complexity index is 756. The molecule has 3 rings (SSSR count). The molecule has 3 nitrogen and oxygen atoms in total. The largest absolute Gasteiger partial charge is 0.399 e. The lowest BCUT2D eigenvalue weighted by atomic mass is 10.2. The second kappa shape index (κ2) is 5.51. The first-order chi connectivity index (χ1) is 9.72. The number of nitrogens with two attached hydrogens (primary N) is 1. The molecule has 0 aliphatic heterocycles. The van der Waals surface area contributed by atoms with Gasteiger partial charge >= 0.3 is 0 Å². The smallest absolute Gasteiger partial charge is 0.117 e. The molecule has 0 saturated heterocycles. The van der Waals surface area contributed by atoms with Crippen LogP contribution in [0.4, 0.5) is 5.69 Å². The van der Waals surface area contributed by atoms with Gasteiger partial charge in [0.2, 0.25) is 0 Å². The molecule has 0 fully saturated rings. The van der Waals surface area contributed by atoms with Gasteiger partial charge in [-0.05, 0) is 30.7 Å². The van der Waals surface area contributed by atoms with Gasteiger partial charge in [-0.25, -0.2) is 9.97 Å². The molecule has 0 spiro atoms. The lowest BCUT2D eigenvalue weighted by Gasteiger charge is -2.06. The molecular weight excluding hydrogens is 266 g/mol. The molecule has 2 aromatic carbocycles. The van der Waals surface area contributed by atoms with Crippen LogP contribution in [0.3, 0.4) is 0 Å². The summed E-state index contributed by atoms with van der Waals surface area (Å²) >= 11 is 1.71. The van der Waals surface area contributed by atoms with E-state index in [-0.39, 0.29) is 0 Å². The van der Waals surface area contributed by atoms with Crippen molar-refractivity contribution in [1.82, 2.24) is 9.97 Å². The number of aromatic nitrogens is 2. The van der Waals surface area contributed by atoms with Gasteiger partial charge < -0.3 is 5.73 Å². The minimum absolute atomic E-state index is 0.740. The minimum Gasteiger partial charge on any atom is -0.399 e. The van der Waals surface area contributed by atoms with E-state index in [2.05, 4.69) is 41.2 Å². The predicted molar refractivity (Wildman–Crippen MR) is 84.7 cm³/mol. The molecule has 0 bridgehead atoms. The summed E-state index contributed by atoms with van der Waals surface area (Å²) in [6.07, 6.45) is 1.61. The molecule has 0 radical (unpaired) electrons. The molecule has 0 unspecified atom stereocenters. The topological polar surface area (TPSA) is 51.8 Å². The maximum atomic E-state index is 5.86. The summed E-state index contributed by atoms with van der Waals surface area (Å²) in [5.74, 6) is 0.891. The van der Waals surface area contributed by atoms with E-state index in [0.717, 1.165) is 27.4 Å². The van der Waals surface area contributed by atoms with Crippen molar-refractivity contribution in [3.05, 3.63) is 59.9 Å². The molecule has 0 atom stereocenters. The van der Waals surface area contributed by atoms with E-state index >= 15 is 0 Å².